The molecule has 1 atom stereocenters. The molecule has 0 aromatic rings. The highest BCUT2D eigenvalue weighted by molar-refractivity contribution is 5.00. The lowest BCUT2D eigenvalue weighted by molar-refractivity contribution is 0.0558. The Labute approximate surface area is 106 Å². The van der Waals surface area contributed by atoms with E-state index < -0.39 is 0 Å². The van der Waals surface area contributed by atoms with Crippen LogP contribution >= 0.6 is 0 Å². The van der Waals surface area contributed by atoms with Crippen LogP contribution < -0.4 is 5.32 Å². The molecule has 1 aliphatic heterocycles. The summed E-state index contributed by atoms with van der Waals surface area (Å²) in [4.78, 5) is 2.64. The molecule has 1 unspecified atom stereocenters. The van der Waals surface area contributed by atoms with E-state index in [0.717, 1.165) is 19.5 Å². The van der Waals surface area contributed by atoms with Gasteiger partial charge in [-0.15, -0.1) is 12.3 Å². The first kappa shape index (κ1) is 12.9. The topological polar surface area (TPSA) is 15.3 Å². The van der Waals surface area contributed by atoms with Gasteiger partial charge in [0.05, 0.1) is 0 Å². The van der Waals surface area contributed by atoms with E-state index in [-0.39, 0.29) is 0 Å². The lowest BCUT2D eigenvalue weighted by Crippen LogP contribution is -2.64. The zero-order chi connectivity index (χ0) is 12.1. The van der Waals surface area contributed by atoms with E-state index in [0.29, 0.717) is 11.6 Å². The predicted molar refractivity (Wildman–Crippen MR) is 72.9 cm³/mol. The Morgan fingerprint density at radius 1 is 1.35 bits per heavy atom. The maximum atomic E-state index is 5.41. The maximum absolute atomic E-state index is 5.41. The van der Waals surface area contributed by atoms with Crippen molar-refractivity contribution < 1.29 is 0 Å². The van der Waals surface area contributed by atoms with Gasteiger partial charge in [-0.2, -0.15) is 0 Å². The average Bonchev–Trinajstić information content (AvgIpc) is 2.37. The summed E-state index contributed by atoms with van der Waals surface area (Å²) < 4.78 is 0. The fraction of sp³-hybridized carbons (Fsp3) is 0.867. The minimum Gasteiger partial charge on any atom is -0.308 e. The summed E-state index contributed by atoms with van der Waals surface area (Å²) >= 11 is 0. The highest BCUT2D eigenvalue weighted by Gasteiger charge is 2.38. The van der Waals surface area contributed by atoms with Gasteiger partial charge in [0.2, 0.25) is 0 Å². The van der Waals surface area contributed by atoms with Crippen LogP contribution in [0.4, 0.5) is 0 Å². The standard InChI is InChI=1S/C15H26N2/c1-3-5-11-17-13-15(9-7-6-8-10-15)16-12-14(17)4-2/h1,14,16H,4-13H2,2H3. The molecule has 2 nitrogen and oxygen atoms in total. The first-order chi connectivity index (χ1) is 8.29. The van der Waals surface area contributed by atoms with E-state index >= 15 is 0 Å². The monoisotopic (exact) mass is 234 g/mol. The number of piperazine rings is 1. The second kappa shape index (κ2) is 5.89. The Morgan fingerprint density at radius 3 is 2.76 bits per heavy atom. The van der Waals surface area contributed by atoms with Gasteiger partial charge in [0, 0.05) is 37.6 Å². The van der Waals surface area contributed by atoms with Crippen LogP contribution in [0, 0.1) is 12.3 Å². The van der Waals surface area contributed by atoms with Crippen LogP contribution in [0.25, 0.3) is 0 Å². The van der Waals surface area contributed by atoms with E-state index in [4.69, 9.17) is 6.42 Å². The van der Waals surface area contributed by atoms with Crippen LogP contribution in [0.5, 0.6) is 0 Å². The van der Waals surface area contributed by atoms with Crippen molar-refractivity contribution in [1.82, 2.24) is 10.2 Å². The van der Waals surface area contributed by atoms with Gasteiger partial charge in [-0.3, -0.25) is 4.90 Å². The third kappa shape index (κ3) is 3.03. The number of terminal acetylenes is 1. The number of hydrogen-bond acceptors (Lipinski definition) is 2. The average molecular weight is 234 g/mol. The van der Waals surface area contributed by atoms with Gasteiger partial charge in [0.1, 0.15) is 0 Å². The minimum atomic E-state index is 0.415. The van der Waals surface area contributed by atoms with Crippen molar-refractivity contribution in [1.29, 1.82) is 0 Å². The van der Waals surface area contributed by atoms with Gasteiger partial charge >= 0.3 is 0 Å². The van der Waals surface area contributed by atoms with Crippen molar-refractivity contribution in [3.63, 3.8) is 0 Å². The third-order valence-corrected chi connectivity index (χ3v) is 4.56. The van der Waals surface area contributed by atoms with Gasteiger partial charge < -0.3 is 5.32 Å². The molecule has 17 heavy (non-hydrogen) atoms. The third-order valence-electron chi connectivity index (χ3n) is 4.56. The summed E-state index contributed by atoms with van der Waals surface area (Å²) in [5.41, 5.74) is 0.415. The molecule has 0 aromatic carbocycles. The normalized spacial score (nSPS) is 29.1. The van der Waals surface area contributed by atoms with E-state index in [2.05, 4.69) is 23.1 Å². The molecule has 1 N–H and O–H groups in total. The van der Waals surface area contributed by atoms with Crippen molar-refractivity contribution in [2.45, 2.75) is 63.5 Å². The molecule has 0 bridgehead atoms. The molecule has 1 spiro atoms. The molecule has 2 aliphatic rings. The number of rotatable bonds is 3. The molecule has 1 heterocycles. The molecule has 2 rings (SSSR count). The van der Waals surface area contributed by atoms with Crippen LogP contribution in [0.15, 0.2) is 0 Å². The SMILES string of the molecule is C#CCCN1CC2(CCCCC2)NCC1CC. The summed E-state index contributed by atoms with van der Waals surface area (Å²) in [5, 5.41) is 3.85. The smallest absolute Gasteiger partial charge is 0.0309 e. The Kier molecular flexibility index (Phi) is 4.48. The molecular weight excluding hydrogens is 208 g/mol. The Hall–Kier alpha value is -0.520. The van der Waals surface area contributed by atoms with Gasteiger partial charge in [-0.1, -0.05) is 26.2 Å². The molecule has 2 fully saturated rings. The summed E-state index contributed by atoms with van der Waals surface area (Å²) in [6.45, 7) is 5.74. The molecular formula is C15H26N2. The number of nitrogens with zero attached hydrogens (tertiary/aromatic N) is 1. The van der Waals surface area contributed by atoms with Gasteiger partial charge in [-0.05, 0) is 19.3 Å². The largest absolute Gasteiger partial charge is 0.308 e. The van der Waals surface area contributed by atoms with Crippen LogP contribution in [0.3, 0.4) is 0 Å². The van der Waals surface area contributed by atoms with E-state index in [1.807, 2.05) is 0 Å². The van der Waals surface area contributed by atoms with E-state index in [9.17, 15) is 0 Å². The van der Waals surface area contributed by atoms with E-state index in [1.165, 1.54) is 45.1 Å². The highest BCUT2D eigenvalue weighted by Crippen LogP contribution is 2.32. The fourth-order valence-corrected chi connectivity index (χ4v) is 3.47. The first-order valence-corrected chi connectivity index (χ1v) is 7.22. The summed E-state index contributed by atoms with van der Waals surface area (Å²) in [7, 11) is 0. The second-order valence-electron chi connectivity index (χ2n) is 5.71. The first-order valence-electron chi connectivity index (χ1n) is 7.22. The van der Waals surface area contributed by atoms with Gasteiger partial charge in [0.25, 0.3) is 0 Å². The lowest BCUT2D eigenvalue weighted by Gasteiger charge is -2.49. The summed E-state index contributed by atoms with van der Waals surface area (Å²) in [6.07, 6.45) is 14.5. The van der Waals surface area contributed by atoms with Crippen molar-refractivity contribution in [2.24, 2.45) is 0 Å². The lowest BCUT2D eigenvalue weighted by atomic mass is 9.79. The van der Waals surface area contributed by atoms with Crippen LogP contribution in [0.2, 0.25) is 0 Å². The molecule has 1 aliphatic carbocycles. The van der Waals surface area contributed by atoms with Crippen molar-refractivity contribution >= 4 is 0 Å². The minimum absolute atomic E-state index is 0.415. The molecule has 0 radical (unpaired) electrons. The van der Waals surface area contributed by atoms with Crippen LogP contribution in [-0.2, 0) is 0 Å². The van der Waals surface area contributed by atoms with E-state index in [1.54, 1.807) is 0 Å². The van der Waals surface area contributed by atoms with Crippen molar-refractivity contribution in [3.05, 3.63) is 0 Å². The van der Waals surface area contributed by atoms with Gasteiger partial charge in [-0.25, -0.2) is 0 Å². The Morgan fingerprint density at radius 2 is 2.12 bits per heavy atom. The quantitative estimate of drug-likeness (QED) is 0.754. The number of hydrogen-bond donors (Lipinski definition) is 1. The van der Waals surface area contributed by atoms with Crippen molar-refractivity contribution in [2.75, 3.05) is 19.6 Å². The molecule has 96 valence electrons. The molecule has 0 aromatic heterocycles. The maximum Gasteiger partial charge on any atom is 0.0309 e. The zero-order valence-electron chi connectivity index (χ0n) is 11.2. The Balaban J connectivity index is 1.97. The molecule has 0 amide bonds. The highest BCUT2D eigenvalue weighted by atomic mass is 15.2. The summed E-state index contributed by atoms with van der Waals surface area (Å²) in [5.74, 6) is 2.79. The molecule has 1 saturated carbocycles. The predicted octanol–water partition coefficient (Wildman–Crippen LogP) is 2.40. The molecule has 1 saturated heterocycles. The van der Waals surface area contributed by atoms with Crippen LogP contribution in [0.1, 0.15) is 51.9 Å². The zero-order valence-corrected chi connectivity index (χ0v) is 11.2. The molecule has 2 heteroatoms. The van der Waals surface area contributed by atoms with Gasteiger partial charge in [0.15, 0.2) is 0 Å². The number of nitrogens with one attached hydrogen (secondary N) is 1. The second-order valence-corrected chi connectivity index (χ2v) is 5.71. The Bertz CT molecular complexity index is 273. The van der Waals surface area contributed by atoms with Crippen LogP contribution in [-0.4, -0.2) is 36.1 Å². The fourth-order valence-electron chi connectivity index (χ4n) is 3.47. The summed E-state index contributed by atoms with van der Waals surface area (Å²) in [6, 6.07) is 0.691. The van der Waals surface area contributed by atoms with Crippen molar-refractivity contribution in [3.8, 4) is 12.3 Å².